The maximum atomic E-state index is 9.72. The first kappa shape index (κ1) is 15.9. The van der Waals surface area contributed by atoms with Crippen LogP contribution < -0.4 is 10.2 Å². The maximum Gasteiger partial charge on any atom is 0.227 e. The number of benzene rings is 1. The monoisotopic (exact) mass is 350 g/mol. The van der Waals surface area contributed by atoms with Gasteiger partial charge in [0.2, 0.25) is 5.95 Å². The Kier molecular flexibility index (Phi) is 4.26. The van der Waals surface area contributed by atoms with Crippen molar-refractivity contribution in [2.75, 3.05) is 23.3 Å². The third-order valence-corrected chi connectivity index (χ3v) is 5.24. The molecule has 6 heteroatoms. The number of terminal acetylenes is 1. The van der Waals surface area contributed by atoms with E-state index < -0.39 is 0 Å². The van der Waals surface area contributed by atoms with Gasteiger partial charge in [0.15, 0.2) is 5.82 Å². The molecule has 0 unspecified atom stereocenters. The minimum atomic E-state index is -0.217. The number of nitrogens with zero attached hydrogens (tertiary/aromatic N) is 3. The third-order valence-electron chi connectivity index (χ3n) is 4.33. The highest BCUT2D eigenvalue weighted by Crippen LogP contribution is 2.31. The molecule has 126 valence electrons. The molecule has 3 heterocycles. The lowest BCUT2D eigenvalue weighted by Gasteiger charge is -2.29. The van der Waals surface area contributed by atoms with Crippen LogP contribution in [0.2, 0.25) is 0 Å². The summed E-state index contributed by atoms with van der Waals surface area (Å²) in [5, 5.41) is 15.1. The van der Waals surface area contributed by atoms with Gasteiger partial charge < -0.3 is 15.3 Å². The van der Waals surface area contributed by atoms with Gasteiger partial charge in [-0.25, -0.2) is 4.98 Å². The number of fused-ring (bicyclic) bond motifs is 1. The summed E-state index contributed by atoms with van der Waals surface area (Å²) >= 11 is 1.61. The molecule has 2 aromatic heterocycles. The van der Waals surface area contributed by atoms with E-state index in [1.54, 1.807) is 11.3 Å². The molecule has 4 rings (SSSR count). The van der Waals surface area contributed by atoms with Crippen LogP contribution in [0.3, 0.4) is 0 Å². The number of aromatic nitrogens is 2. The van der Waals surface area contributed by atoms with Crippen molar-refractivity contribution in [3.63, 3.8) is 0 Å². The lowest BCUT2D eigenvalue weighted by Crippen LogP contribution is -2.36. The van der Waals surface area contributed by atoms with E-state index in [0.29, 0.717) is 5.95 Å². The molecule has 0 amide bonds. The first-order valence-electron chi connectivity index (χ1n) is 8.25. The van der Waals surface area contributed by atoms with Crippen molar-refractivity contribution in [3.05, 3.63) is 41.3 Å². The van der Waals surface area contributed by atoms with Gasteiger partial charge >= 0.3 is 0 Å². The van der Waals surface area contributed by atoms with Crippen LogP contribution in [0.15, 0.2) is 35.7 Å². The minimum absolute atomic E-state index is 0.217. The summed E-state index contributed by atoms with van der Waals surface area (Å²) in [5.74, 6) is 4.14. The number of hydrogen-bond donors (Lipinski definition) is 2. The Bertz CT molecular complexity index is 938. The number of hydrogen-bond acceptors (Lipinski definition) is 6. The van der Waals surface area contributed by atoms with Crippen molar-refractivity contribution in [2.24, 2.45) is 0 Å². The summed E-state index contributed by atoms with van der Waals surface area (Å²) < 4.78 is 1.02. The van der Waals surface area contributed by atoms with Gasteiger partial charge in [-0.2, -0.15) is 4.98 Å². The summed E-state index contributed by atoms with van der Waals surface area (Å²) in [6.07, 6.45) is 6.77. The molecule has 0 spiro atoms. The van der Waals surface area contributed by atoms with Crippen LogP contribution in [0.4, 0.5) is 17.5 Å². The second-order valence-electron chi connectivity index (χ2n) is 6.08. The van der Waals surface area contributed by atoms with Crippen LogP contribution in [0, 0.1) is 12.3 Å². The van der Waals surface area contributed by atoms with Gasteiger partial charge in [0, 0.05) is 24.3 Å². The average Bonchev–Trinajstić information content (AvgIpc) is 3.11. The van der Waals surface area contributed by atoms with Crippen molar-refractivity contribution >= 4 is 39.0 Å². The van der Waals surface area contributed by atoms with Crippen LogP contribution in [0.25, 0.3) is 10.2 Å². The Hall–Kier alpha value is -2.62. The van der Waals surface area contributed by atoms with E-state index in [1.165, 1.54) is 0 Å². The first-order valence-corrected chi connectivity index (χ1v) is 9.13. The molecular formula is C19H18N4OS. The van der Waals surface area contributed by atoms with Gasteiger partial charge in [-0.15, -0.1) is 17.8 Å². The summed E-state index contributed by atoms with van der Waals surface area (Å²) in [7, 11) is 0. The van der Waals surface area contributed by atoms with Crippen molar-refractivity contribution in [1.29, 1.82) is 0 Å². The number of nitrogens with one attached hydrogen (secondary N) is 1. The molecule has 25 heavy (non-hydrogen) atoms. The van der Waals surface area contributed by atoms with E-state index in [2.05, 4.69) is 16.1 Å². The Morgan fingerprint density at radius 1 is 1.24 bits per heavy atom. The molecule has 1 aliphatic heterocycles. The summed E-state index contributed by atoms with van der Waals surface area (Å²) in [5.41, 5.74) is 2.66. The fourth-order valence-electron chi connectivity index (χ4n) is 2.97. The van der Waals surface area contributed by atoms with Crippen LogP contribution in [0.1, 0.15) is 18.4 Å². The third kappa shape index (κ3) is 3.29. The van der Waals surface area contributed by atoms with Gasteiger partial charge in [0.25, 0.3) is 0 Å². The smallest absolute Gasteiger partial charge is 0.227 e. The molecular weight excluding hydrogens is 332 g/mol. The number of anilines is 3. The number of piperidine rings is 1. The predicted octanol–water partition coefficient (Wildman–Crippen LogP) is 3.38. The minimum Gasteiger partial charge on any atom is -0.393 e. The largest absolute Gasteiger partial charge is 0.393 e. The van der Waals surface area contributed by atoms with Crippen molar-refractivity contribution in [1.82, 2.24) is 9.97 Å². The molecule has 0 atom stereocenters. The van der Waals surface area contributed by atoms with Crippen molar-refractivity contribution in [3.8, 4) is 12.3 Å². The number of aliphatic hydroxyl groups excluding tert-OH is 1. The Labute approximate surface area is 150 Å². The lowest BCUT2D eigenvalue weighted by molar-refractivity contribution is 0.145. The second-order valence-corrected chi connectivity index (χ2v) is 6.99. The lowest BCUT2D eigenvalue weighted by atomic mass is 10.1. The zero-order chi connectivity index (χ0) is 17.2. The molecule has 2 N–H and O–H groups in total. The second kappa shape index (κ2) is 6.71. The summed E-state index contributed by atoms with van der Waals surface area (Å²) in [6, 6.07) is 9.73. The zero-order valence-corrected chi connectivity index (χ0v) is 14.5. The van der Waals surface area contributed by atoms with Gasteiger partial charge in [-0.3, -0.25) is 0 Å². The van der Waals surface area contributed by atoms with Gasteiger partial charge in [-0.05, 0) is 42.5 Å². The molecule has 1 aliphatic rings. The van der Waals surface area contributed by atoms with Crippen molar-refractivity contribution < 1.29 is 5.11 Å². The molecule has 0 bridgehead atoms. The van der Waals surface area contributed by atoms with Crippen LogP contribution in [-0.2, 0) is 0 Å². The van der Waals surface area contributed by atoms with E-state index in [4.69, 9.17) is 16.4 Å². The van der Waals surface area contributed by atoms with E-state index in [0.717, 1.165) is 53.2 Å². The molecule has 1 fully saturated rings. The van der Waals surface area contributed by atoms with Gasteiger partial charge in [0.05, 0.1) is 16.3 Å². The molecule has 0 saturated carbocycles. The standard InChI is InChI=1S/C19H18N4OS/c1-2-13-4-3-5-14(12-13)20-18-17-16(8-11-25-17)21-19(22-18)23-9-6-15(24)7-10-23/h1,3-5,8,11-12,15,24H,6-7,9-10H2,(H,20,21,22). The quantitative estimate of drug-likeness (QED) is 0.709. The average molecular weight is 350 g/mol. The number of thiophene rings is 1. The topological polar surface area (TPSA) is 61.3 Å². The highest BCUT2D eigenvalue weighted by molar-refractivity contribution is 7.17. The fraction of sp³-hybridized carbons (Fsp3) is 0.263. The zero-order valence-electron chi connectivity index (χ0n) is 13.6. The Morgan fingerprint density at radius 2 is 2.08 bits per heavy atom. The van der Waals surface area contributed by atoms with E-state index in [9.17, 15) is 5.11 Å². The maximum absolute atomic E-state index is 9.72. The molecule has 3 aromatic rings. The van der Waals surface area contributed by atoms with E-state index in [-0.39, 0.29) is 6.10 Å². The van der Waals surface area contributed by atoms with Crippen LogP contribution in [0.5, 0.6) is 0 Å². The highest BCUT2D eigenvalue weighted by Gasteiger charge is 2.21. The summed E-state index contributed by atoms with van der Waals surface area (Å²) in [4.78, 5) is 11.6. The predicted molar refractivity (Wildman–Crippen MR) is 103 cm³/mol. The van der Waals surface area contributed by atoms with E-state index >= 15 is 0 Å². The SMILES string of the molecule is C#Cc1cccc(Nc2nc(N3CCC(O)CC3)nc3ccsc23)c1. The van der Waals surface area contributed by atoms with Crippen LogP contribution in [-0.4, -0.2) is 34.3 Å². The molecule has 1 saturated heterocycles. The van der Waals surface area contributed by atoms with Crippen molar-refractivity contribution in [2.45, 2.75) is 18.9 Å². The van der Waals surface area contributed by atoms with E-state index in [1.807, 2.05) is 35.7 Å². The molecule has 1 aromatic carbocycles. The summed E-state index contributed by atoms with van der Waals surface area (Å²) in [6.45, 7) is 1.53. The molecule has 5 nitrogen and oxygen atoms in total. The van der Waals surface area contributed by atoms with Gasteiger partial charge in [-0.1, -0.05) is 12.0 Å². The molecule has 0 radical (unpaired) electrons. The highest BCUT2D eigenvalue weighted by atomic mass is 32.1. The van der Waals surface area contributed by atoms with Gasteiger partial charge in [0.1, 0.15) is 0 Å². The Morgan fingerprint density at radius 3 is 2.88 bits per heavy atom. The molecule has 0 aliphatic carbocycles. The number of aliphatic hydroxyl groups is 1. The normalized spacial score (nSPS) is 15.3. The first-order chi connectivity index (χ1) is 12.2. The number of rotatable bonds is 3. The Balaban J connectivity index is 1.70. The van der Waals surface area contributed by atoms with Crippen LogP contribution >= 0.6 is 11.3 Å². The fourth-order valence-corrected chi connectivity index (χ4v) is 3.74.